The van der Waals surface area contributed by atoms with Crippen LogP contribution < -0.4 is 10.6 Å². The first-order chi connectivity index (χ1) is 10.0. The molecule has 3 rings (SSSR count). The average molecular weight is 282 g/mol. The smallest absolute Gasteiger partial charge is 0.293 e. The molecule has 0 spiro atoms. The largest absolute Gasteiger partial charge is 0.508 e. The molecule has 3 aromatic rings. The third-order valence-corrected chi connectivity index (χ3v) is 3.27. The van der Waals surface area contributed by atoms with Crippen LogP contribution in [0.4, 0.5) is 11.4 Å². The van der Waals surface area contributed by atoms with Gasteiger partial charge in [0.25, 0.3) is 5.91 Å². The molecule has 1 heterocycles. The number of nitrogens with zero attached hydrogens (tertiary/aromatic N) is 1. The summed E-state index contributed by atoms with van der Waals surface area (Å²) >= 11 is 0. The highest BCUT2D eigenvalue weighted by Gasteiger charge is 2.18. The van der Waals surface area contributed by atoms with Crippen molar-refractivity contribution in [1.82, 2.24) is 0 Å². The van der Waals surface area contributed by atoms with Crippen LogP contribution in [-0.2, 0) is 0 Å². The van der Waals surface area contributed by atoms with Gasteiger partial charge in [0.15, 0.2) is 5.76 Å². The summed E-state index contributed by atoms with van der Waals surface area (Å²) < 4.78 is 5.55. The molecule has 0 saturated heterocycles. The summed E-state index contributed by atoms with van der Waals surface area (Å²) in [7, 11) is 1.62. The topological polar surface area (TPSA) is 79.7 Å². The van der Waals surface area contributed by atoms with E-state index in [4.69, 9.17) is 10.2 Å². The van der Waals surface area contributed by atoms with Crippen LogP contribution in [0, 0.1) is 0 Å². The molecule has 106 valence electrons. The molecule has 1 aromatic heterocycles. The van der Waals surface area contributed by atoms with Crippen LogP contribution in [0.15, 0.2) is 52.9 Å². The number of nitrogen functional groups attached to an aromatic ring is 1. The third-order valence-electron chi connectivity index (χ3n) is 3.27. The summed E-state index contributed by atoms with van der Waals surface area (Å²) in [5.41, 5.74) is 7.52. The summed E-state index contributed by atoms with van der Waals surface area (Å²) in [6, 6.07) is 13.3. The molecule has 0 atom stereocenters. The summed E-state index contributed by atoms with van der Waals surface area (Å²) in [5.74, 6) is 0.0290. The van der Waals surface area contributed by atoms with Crippen LogP contribution in [0.3, 0.4) is 0 Å². The molecule has 1 amide bonds. The first-order valence-corrected chi connectivity index (χ1v) is 6.41. The van der Waals surface area contributed by atoms with Crippen molar-refractivity contribution in [2.24, 2.45) is 0 Å². The minimum atomic E-state index is -0.296. The predicted molar refractivity (Wildman–Crippen MR) is 81.5 cm³/mol. The van der Waals surface area contributed by atoms with Crippen molar-refractivity contribution >= 4 is 28.3 Å². The van der Waals surface area contributed by atoms with Crippen molar-refractivity contribution in [2.75, 3.05) is 17.7 Å². The zero-order valence-corrected chi connectivity index (χ0v) is 11.4. The van der Waals surface area contributed by atoms with Crippen LogP contribution in [0.1, 0.15) is 10.6 Å². The predicted octanol–water partition coefficient (Wildman–Crippen LogP) is 3.00. The average Bonchev–Trinajstić information content (AvgIpc) is 2.88. The van der Waals surface area contributed by atoms with Gasteiger partial charge < -0.3 is 20.2 Å². The minimum Gasteiger partial charge on any atom is -0.508 e. The second kappa shape index (κ2) is 4.86. The molecular formula is C16H14N2O3. The number of nitrogens with two attached hydrogens (primary N) is 1. The molecule has 5 nitrogen and oxygen atoms in total. The molecular weight excluding hydrogens is 268 g/mol. The van der Waals surface area contributed by atoms with Gasteiger partial charge in [-0.25, -0.2) is 0 Å². The lowest BCUT2D eigenvalue weighted by atomic mass is 10.2. The van der Waals surface area contributed by atoms with Gasteiger partial charge in [-0.15, -0.1) is 0 Å². The van der Waals surface area contributed by atoms with Crippen molar-refractivity contribution in [3.8, 4) is 5.75 Å². The summed E-state index contributed by atoms with van der Waals surface area (Å²) in [6.07, 6.45) is 0. The second-order valence-corrected chi connectivity index (χ2v) is 4.79. The van der Waals surface area contributed by atoms with Crippen molar-refractivity contribution in [2.45, 2.75) is 0 Å². The van der Waals surface area contributed by atoms with Crippen LogP contribution >= 0.6 is 0 Å². The molecule has 0 aliphatic heterocycles. The molecule has 0 aliphatic carbocycles. The zero-order chi connectivity index (χ0) is 15.0. The van der Waals surface area contributed by atoms with Crippen molar-refractivity contribution in [1.29, 1.82) is 0 Å². The molecule has 0 unspecified atom stereocenters. The van der Waals surface area contributed by atoms with Gasteiger partial charge in [-0.1, -0.05) is 6.07 Å². The Morgan fingerprint density at radius 2 is 2.00 bits per heavy atom. The molecule has 0 aliphatic rings. The number of hydrogen-bond donors (Lipinski definition) is 2. The fourth-order valence-corrected chi connectivity index (χ4v) is 2.15. The fourth-order valence-electron chi connectivity index (χ4n) is 2.15. The Balaban J connectivity index is 1.96. The second-order valence-electron chi connectivity index (χ2n) is 4.79. The third kappa shape index (κ3) is 2.41. The fraction of sp³-hybridized carbons (Fsp3) is 0.0625. The number of anilines is 2. The Hall–Kier alpha value is -2.95. The number of furan rings is 1. The Labute approximate surface area is 121 Å². The molecule has 0 fully saturated rings. The van der Waals surface area contributed by atoms with Gasteiger partial charge in [-0.3, -0.25) is 4.79 Å². The first kappa shape index (κ1) is 13.1. The molecule has 0 saturated carbocycles. The quantitative estimate of drug-likeness (QED) is 0.708. The highest BCUT2D eigenvalue weighted by Crippen LogP contribution is 2.25. The number of phenols is 1. The number of hydrogen-bond acceptors (Lipinski definition) is 4. The Kier molecular flexibility index (Phi) is 3.02. The number of aromatic hydroxyl groups is 1. The number of amides is 1. The standard InChI is InChI=1S/C16H14N2O3/c1-18(12-3-2-4-13(19)9-12)16(20)15-8-10-7-11(17)5-6-14(10)21-15/h2-9,19H,17H2,1H3. The highest BCUT2D eigenvalue weighted by atomic mass is 16.3. The number of fused-ring (bicyclic) bond motifs is 1. The Bertz CT molecular complexity index is 823. The van der Waals surface area contributed by atoms with Gasteiger partial charge in [0, 0.05) is 29.9 Å². The maximum Gasteiger partial charge on any atom is 0.293 e. The Morgan fingerprint density at radius 1 is 1.19 bits per heavy atom. The van der Waals surface area contributed by atoms with Crippen molar-refractivity contribution in [3.05, 3.63) is 54.3 Å². The van der Waals surface area contributed by atoms with E-state index in [0.29, 0.717) is 17.0 Å². The number of carbonyl (C=O) groups excluding carboxylic acids is 1. The lowest BCUT2D eigenvalue weighted by Gasteiger charge is -2.15. The number of benzene rings is 2. The van der Waals surface area contributed by atoms with Crippen LogP contribution in [0.5, 0.6) is 5.75 Å². The van der Waals surface area contributed by atoms with E-state index < -0.39 is 0 Å². The maximum atomic E-state index is 12.4. The van der Waals surface area contributed by atoms with E-state index >= 15 is 0 Å². The van der Waals surface area contributed by atoms with Crippen molar-refractivity contribution in [3.63, 3.8) is 0 Å². The monoisotopic (exact) mass is 282 g/mol. The van der Waals surface area contributed by atoms with Gasteiger partial charge >= 0.3 is 0 Å². The molecule has 5 heteroatoms. The maximum absolute atomic E-state index is 12.4. The molecule has 2 aromatic carbocycles. The van der Waals surface area contributed by atoms with E-state index in [1.807, 2.05) is 0 Å². The van der Waals surface area contributed by atoms with Crippen LogP contribution in [0.25, 0.3) is 11.0 Å². The summed E-state index contributed by atoms with van der Waals surface area (Å²) in [4.78, 5) is 13.8. The van der Waals surface area contributed by atoms with E-state index in [-0.39, 0.29) is 17.4 Å². The van der Waals surface area contributed by atoms with Gasteiger partial charge in [-0.05, 0) is 36.4 Å². The van der Waals surface area contributed by atoms with E-state index in [2.05, 4.69) is 0 Å². The Morgan fingerprint density at radius 3 is 2.76 bits per heavy atom. The van der Waals surface area contributed by atoms with E-state index in [9.17, 15) is 9.90 Å². The number of phenolic OH excluding ortho intramolecular Hbond substituents is 1. The van der Waals surface area contributed by atoms with Crippen molar-refractivity contribution < 1.29 is 14.3 Å². The SMILES string of the molecule is CN(C(=O)c1cc2cc(N)ccc2o1)c1cccc(O)c1. The van der Waals surface area contributed by atoms with Gasteiger partial charge in [0.2, 0.25) is 0 Å². The molecule has 0 radical (unpaired) electrons. The van der Waals surface area contributed by atoms with Gasteiger partial charge in [0.1, 0.15) is 11.3 Å². The summed E-state index contributed by atoms with van der Waals surface area (Å²) in [5, 5.41) is 10.3. The van der Waals surface area contributed by atoms with E-state index in [0.717, 1.165) is 5.39 Å². The van der Waals surface area contributed by atoms with Crippen LogP contribution in [-0.4, -0.2) is 18.1 Å². The molecule has 21 heavy (non-hydrogen) atoms. The van der Waals surface area contributed by atoms with E-state index in [1.165, 1.54) is 11.0 Å². The lowest BCUT2D eigenvalue weighted by Crippen LogP contribution is -2.25. The van der Waals surface area contributed by atoms with E-state index in [1.54, 1.807) is 49.5 Å². The zero-order valence-electron chi connectivity index (χ0n) is 11.4. The first-order valence-electron chi connectivity index (χ1n) is 6.41. The van der Waals surface area contributed by atoms with Crippen LogP contribution in [0.2, 0.25) is 0 Å². The van der Waals surface area contributed by atoms with Gasteiger partial charge in [-0.2, -0.15) is 0 Å². The van der Waals surface area contributed by atoms with Gasteiger partial charge in [0.05, 0.1) is 0 Å². The minimum absolute atomic E-state index is 0.101. The lowest BCUT2D eigenvalue weighted by molar-refractivity contribution is 0.0968. The summed E-state index contributed by atoms with van der Waals surface area (Å²) in [6.45, 7) is 0. The molecule has 0 bridgehead atoms. The highest BCUT2D eigenvalue weighted by molar-refractivity contribution is 6.06. The molecule has 3 N–H and O–H groups in total. The normalized spacial score (nSPS) is 10.7. The number of rotatable bonds is 2. The number of carbonyl (C=O) groups is 1.